The molecule has 0 spiro atoms. The Morgan fingerprint density at radius 1 is 1.10 bits per heavy atom. The fourth-order valence-electron chi connectivity index (χ4n) is 1.87. The molecule has 7 heteroatoms. The fourth-order valence-corrected chi connectivity index (χ4v) is 2.03. The van der Waals surface area contributed by atoms with E-state index in [9.17, 15) is 0 Å². The first-order valence-electron chi connectivity index (χ1n) is 6.78. The van der Waals surface area contributed by atoms with Crippen molar-refractivity contribution in [2.75, 3.05) is 42.7 Å². The maximum atomic E-state index is 5.82. The maximum absolute atomic E-state index is 5.82. The van der Waals surface area contributed by atoms with Crippen molar-refractivity contribution in [1.29, 1.82) is 0 Å². The minimum absolute atomic E-state index is 0.179. The molecule has 0 aliphatic heterocycles. The van der Waals surface area contributed by atoms with Gasteiger partial charge >= 0.3 is 0 Å². The minimum Gasteiger partial charge on any atom is -0.375 e. The van der Waals surface area contributed by atoms with Crippen molar-refractivity contribution in [1.82, 2.24) is 15.0 Å². The third-order valence-corrected chi connectivity index (χ3v) is 3.15. The lowest BCUT2D eigenvalue weighted by Gasteiger charge is -2.19. The molecule has 0 unspecified atom stereocenters. The Morgan fingerprint density at radius 2 is 1.81 bits per heavy atom. The number of benzene rings is 1. The van der Waals surface area contributed by atoms with Crippen LogP contribution in [0.1, 0.15) is 6.42 Å². The molecule has 2 aromatic rings. The highest BCUT2D eigenvalue weighted by Crippen LogP contribution is 2.11. The van der Waals surface area contributed by atoms with Gasteiger partial charge in [0, 0.05) is 32.9 Å². The predicted molar refractivity (Wildman–Crippen MR) is 87.2 cm³/mol. The van der Waals surface area contributed by atoms with E-state index >= 15 is 0 Å². The van der Waals surface area contributed by atoms with Crippen LogP contribution in [-0.2, 0) is 0 Å². The number of anilines is 3. The Labute approximate surface area is 129 Å². The van der Waals surface area contributed by atoms with Crippen molar-refractivity contribution >= 4 is 29.2 Å². The van der Waals surface area contributed by atoms with Gasteiger partial charge in [0.05, 0.1) is 0 Å². The first-order valence-corrected chi connectivity index (χ1v) is 7.16. The van der Waals surface area contributed by atoms with Crippen LogP contribution in [0.2, 0.25) is 5.28 Å². The number of rotatable bonds is 7. The van der Waals surface area contributed by atoms with Gasteiger partial charge in [0.15, 0.2) is 0 Å². The number of hydrogen-bond donors (Lipinski definition) is 2. The summed E-state index contributed by atoms with van der Waals surface area (Å²) in [6.07, 6.45) is 0.962. The summed E-state index contributed by atoms with van der Waals surface area (Å²) in [6.45, 7) is 1.70. The molecule has 0 atom stereocenters. The first kappa shape index (κ1) is 15.3. The van der Waals surface area contributed by atoms with E-state index in [2.05, 4.69) is 49.7 Å². The van der Waals surface area contributed by atoms with E-state index in [1.807, 2.05) is 18.2 Å². The summed E-state index contributed by atoms with van der Waals surface area (Å²) in [7, 11) is 3.82. The third-order valence-electron chi connectivity index (χ3n) is 2.98. The summed E-state index contributed by atoms with van der Waals surface area (Å²) in [5, 5.41) is 6.18. The summed E-state index contributed by atoms with van der Waals surface area (Å²) in [5.41, 5.74) is 1.21. The molecule has 0 saturated carbocycles. The topological polar surface area (TPSA) is 66.0 Å². The van der Waals surface area contributed by atoms with Gasteiger partial charge < -0.3 is 15.5 Å². The molecule has 0 aliphatic carbocycles. The van der Waals surface area contributed by atoms with Crippen LogP contribution in [0, 0.1) is 0 Å². The van der Waals surface area contributed by atoms with Gasteiger partial charge in [-0.3, -0.25) is 0 Å². The third kappa shape index (κ3) is 4.75. The van der Waals surface area contributed by atoms with Crippen molar-refractivity contribution in [3.8, 4) is 0 Å². The number of nitrogens with one attached hydrogen (secondary N) is 2. The average molecular weight is 307 g/mol. The number of nitrogens with zero attached hydrogens (tertiary/aromatic N) is 4. The number of para-hydroxylation sites is 1. The minimum atomic E-state index is 0.179. The molecule has 1 heterocycles. The Balaban J connectivity index is 1.78. The monoisotopic (exact) mass is 306 g/mol. The van der Waals surface area contributed by atoms with Crippen LogP contribution in [-0.4, -0.2) is 42.1 Å². The standard InChI is InChI=1S/C14H19ClN6/c1-16-13-18-12(15)19-14(20-13)17-9-6-10-21(2)11-7-4-3-5-8-11/h3-5,7-8H,6,9-10H2,1-2H3,(H2,16,17,18,19,20). The molecule has 1 aromatic carbocycles. The quantitative estimate of drug-likeness (QED) is 0.766. The molecule has 6 nitrogen and oxygen atoms in total. The second kappa shape index (κ2) is 7.64. The summed E-state index contributed by atoms with van der Waals surface area (Å²) < 4.78 is 0. The Morgan fingerprint density at radius 3 is 2.52 bits per heavy atom. The molecule has 0 radical (unpaired) electrons. The van der Waals surface area contributed by atoms with Gasteiger partial charge in [-0.15, -0.1) is 0 Å². The van der Waals surface area contributed by atoms with Gasteiger partial charge in [-0.1, -0.05) is 18.2 Å². The van der Waals surface area contributed by atoms with E-state index in [0.29, 0.717) is 11.9 Å². The van der Waals surface area contributed by atoms with Crippen LogP contribution in [0.25, 0.3) is 0 Å². The smallest absolute Gasteiger partial charge is 0.228 e. The van der Waals surface area contributed by atoms with Crippen molar-refractivity contribution < 1.29 is 0 Å². The highest BCUT2D eigenvalue weighted by atomic mass is 35.5. The maximum Gasteiger partial charge on any atom is 0.228 e. The molecule has 1 aromatic heterocycles. The van der Waals surface area contributed by atoms with Crippen LogP contribution in [0.15, 0.2) is 30.3 Å². The van der Waals surface area contributed by atoms with Crippen molar-refractivity contribution in [3.05, 3.63) is 35.6 Å². The molecule has 112 valence electrons. The summed E-state index contributed by atoms with van der Waals surface area (Å²) in [4.78, 5) is 14.4. The van der Waals surface area contributed by atoms with Crippen molar-refractivity contribution in [3.63, 3.8) is 0 Å². The first-order chi connectivity index (χ1) is 10.2. The molecule has 0 saturated heterocycles. The number of hydrogen-bond acceptors (Lipinski definition) is 6. The highest BCUT2D eigenvalue weighted by Gasteiger charge is 2.03. The second-order valence-electron chi connectivity index (χ2n) is 4.54. The normalized spacial score (nSPS) is 10.2. The van der Waals surface area contributed by atoms with Gasteiger partial charge in [0.2, 0.25) is 17.2 Å². The zero-order valence-corrected chi connectivity index (χ0v) is 12.9. The van der Waals surface area contributed by atoms with Crippen LogP contribution in [0.4, 0.5) is 17.6 Å². The van der Waals surface area contributed by atoms with E-state index in [1.165, 1.54) is 5.69 Å². The largest absolute Gasteiger partial charge is 0.375 e. The van der Waals surface area contributed by atoms with E-state index < -0.39 is 0 Å². The van der Waals surface area contributed by atoms with Gasteiger partial charge in [0.1, 0.15) is 0 Å². The lowest BCUT2D eigenvalue weighted by atomic mass is 10.3. The second-order valence-corrected chi connectivity index (χ2v) is 4.88. The molecule has 0 fully saturated rings. The number of halogens is 1. The van der Waals surface area contributed by atoms with Gasteiger partial charge in [-0.25, -0.2) is 0 Å². The number of aromatic nitrogens is 3. The van der Waals surface area contributed by atoms with Gasteiger partial charge in [-0.05, 0) is 30.2 Å². The SMILES string of the molecule is CNc1nc(Cl)nc(NCCCN(C)c2ccccc2)n1. The van der Waals surface area contributed by atoms with Gasteiger partial charge in [0.25, 0.3) is 0 Å². The van der Waals surface area contributed by atoms with Gasteiger partial charge in [-0.2, -0.15) is 15.0 Å². The summed E-state index contributed by atoms with van der Waals surface area (Å²) >= 11 is 5.82. The molecule has 2 N–H and O–H groups in total. The van der Waals surface area contributed by atoms with Crippen LogP contribution in [0.3, 0.4) is 0 Å². The summed E-state index contributed by atoms with van der Waals surface area (Å²) in [5.74, 6) is 0.945. The van der Waals surface area contributed by atoms with E-state index in [0.717, 1.165) is 19.5 Å². The average Bonchev–Trinajstić information content (AvgIpc) is 2.51. The van der Waals surface area contributed by atoms with E-state index in [-0.39, 0.29) is 5.28 Å². The summed E-state index contributed by atoms with van der Waals surface area (Å²) in [6, 6.07) is 10.3. The molecular weight excluding hydrogens is 288 g/mol. The molecular formula is C14H19ClN6. The van der Waals surface area contributed by atoms with E-state index in [1.54, 1.807) is 7.05 Å². The molecule has 0 bridgehead atoms. The van der Waals surface area contributed by atoms with E-state index in [4.69, 9.17) is 11.6 Å². The Bertz CT molecular complexity index is 563. The van der Waals surface area contributed by atoms with Crippen molar-refractivity contribution in [2.24, 2.45) is 0 Å². The Hall–Kier alpha value is -2.08. The van der Waals surface area contributed by atoms with Crippen LogP contribution in [0.5, 0.6) is 0 Å². The van der Waals surface area contributed by atoms with Crippen molar-refractivity contribution in [2.45, 2.75) is 6.42 Å². The molecule has 0 amide bonds. The lowest BCUT2D eigenvalue weighted by molar-refractivity contribution is 0.809. The lowest BCUT2D eigenvalue weighted by Crippen LogP contribution is -2.21. The fraction of sp³-hybridized carbons (Fsp3) is 0.357. The molecule has 21 heavy (non-hydrogen) atoms. The van der Waals surface area contributed by atoms with Crippen LogP contribution >= 0.6 is 11.6 Å². The Kier molecular flexibility index (Phi) is 5.57. The predicted octanol–water partition coefficient (Wildman–Crippen LogP) is 2.51. The zero-order chi connectivity index (χ0) is 15.1. The molecule has 0 aliphatic rings. The highest BCUT2D eigenvalue weighted by molar-refractivity contribution is 6.28. The molecule has 2 rings (SSSR count). The zero-order valence-electron chi connectivity index (χ0n) is 12.2. The van der Waals surface area contributed by atoms with Crippen LogP contribution < -0.4 is 15.5 Å².